The number of carbonyl (C=O) groups excluding carboxylic acids is 3. The van der Waals surface area contributed by atoms with Gasteiger partial charge in [-0.3, -0.25) is 19.3 Å². The first-order valence-electron chi connectivity index (χ1n) is 10.1. The summed E-state index contributed by atoms with van der Waals surface area (Å²) < 4.78 is 26.2. The number of imide groups is 1. The molecule has 2 aromatic rings. The third-order valence-corrected chi connectivity index (χ3v) is 6.27. The first-order valence-corrected chi connectivity index (χ1v) is 11.8. The summed E-state index contributed by atoms with van der Waals surface area (Å²) >= 11 is 0. The lowest BCUT2D eigenvalue weighted by Crippen LogP contribution is -2.31. The first-order chi connectivity index (χ1) is 15.2. The topological polar surface area (TPSA) is 113 Å². The fourth-order valence-corrected chi connectivity index (χ4v) is 4.47. The fraction of sp³-hybridized carbons (Fsp3) is 0.261. The van der Waals surface area contributed by atoms with Crippen LogP contribution in [0.1, 0.15) is 44.7 Å². The Kier molecular flexibility index (Phi) is 7.22. The van der Waals surface area contributed by atoms with E-state index in [9.17, 15) is 22.8 Å². The van der Waals surface area contributed by atoms with Crippen LogP contribution in [-0.4, -0.2) is 44.1 Å². The van der Waals surface area contributed by atoms with Gasteiger partial charge in [0.1, 0.15) is 0 Å². The van der Waals surface area contributed by atoms with Crippen molar-refractivity contribution < 1.29 is 22.8 Å². The summed E-state index contributed by atoms with van der Waals surface area (Å²) in [6.07, 6.45) is 1.93. The highest BCUT2D eigenvalue weighted by Gasteiger charge is 2.34. The molecular weight excluding hydrogens is 430 g/mol. The number of rotatable bonds is 10. The normalized spacial score (nSPS) is 13.2. The molecule has 2 N–H and O–H groups in total. The van der Waals surface area contributed by atoms with Gasteiger partial charge in [0.2, 0.25) is 15.9 Å². The zero-order valence-electron chi connectivity index (χ0n) is 17.8. The van der Waals surface area contributed by atoms with E-state index in [1.165, 1.54) is 11.0 Å². The maximum absolute atomic E-state index is 12.5. The van der Waals surface area contributed by atoms with Gasteiger partial charge in [0.25, 0.3) is 11.8 Å². The Morgan fingerprint density at radius 2 is 1.75 bits per heavy atom. The largest absolute Gasteiger partial charge is 0.326 e. The molecule has 0 saturated heterocycles. The molecule has 1 heterocycles. The Hall–Kier alpha value is -3.30. The highest BCUT2D eigenvalue weighted by Crippen LogP contribution is 2.24. The predicted octanol–water partition coefficient (Wildman–Crippen LogP) is 2.62. The monoisotopic (exact) mass is 455 g/mol. The average molecular weight is 456 g/mol. The lowest BCUT2D eigenvalue weighted by atomic mass is 10.1. The number of aryl methyl sites for hydroxylation is 1. The maximum atomic E-state index is 12.5. The first kappa shape index (κ1) is 23.4. The summed E-state index contributed by atoms with van der Waals surface area (Å²) in [4.78, 5) is 38.3. The molecule has 8 nitrogen and oxygen atoms in total. The molecule has 0 bridgehead atoms. The van der Waals surface area contributed by atoms with Gasteiger partial charge in [-0.1, -0.05) is 29.8 Å². The van der Waals surface area contributed by atoms with Gasteiger partial charge in [-0.05, 0) is 43.2 Å². The van der Waals surface area contributed by atoms with Crippen molar-refractivity contribution in [3.05, 3.63) is 77.4 Å². The number of hydrogen-bond donors (Lipinski definition) is 2. The van der Waals surface area contributed by atoms with Crippen LogP contribution >= 0.6 is 0 Å². The average Bonchev–Trinajstić information content (AvgIpc) is 2.97. The Balaban J connectivity index is 1.48. The number of anilines is 1. The summed E-state index contributed by atoms with van der Waals surface area (Å²) in [5.41, 5.74) is 2.82. The Morgan fingerprint density at radius 3 is 2.44 bits per heavy atom. The lowest BCUT2D eigenvalue weighted by molar-refractivity contribution is -0.116. The zero-order chi connectivity index (χ0) is 23.3. The zero-order valence-corrected chi connectivity index (χ0v) is 18.6. The van der Waals surface area contributed by atoms with Crippen LogP contribution in [0.15, 0.2) is 55.1 Å². The SMILES string of the molecule is C=CCNS(=O)(=O)Cc1ccc(NC(=O)CCCN2C(=O)c3ccc(C)cc3C2=O)cc1. The summed E-state index contributed by atoms with van der Waals surface area (Å²) in [5, 5.41) is 2.73. The van der Waals surface area contributed by atoms with E-state index < -0.39 is 10.0 Å². The van der Waals surface area contributed by atoms with E-state index in [0.717, 1.165) is 5.56 Å². The minimum atomic E-state index is -3.45. The Morgan fingerprint density at radius 1 is 1.06 bits per heavy atom. The van der Waals surface area contributed by atoms with Crippen molar-refractivity contribution in [1.29, 1.82) is 0 Å². The van der Waals surface area contributed by atoms with Crippen LogP contribution in [-0.2, 0) is 20.6 Å². The third-order valence-electron chi connectivity index (χ3n) is 4.95. The van der Waals surface area contributed by atoms with Crippen molar-refractivity contribution in [2.24, 2.45) is 0 Å². The molecule has 0 saturated carbocycles. The van der Waals surface area contributed by atoms with Crippen LogP contribution in [0.3, 0.4) is 0 Å². The van der Waals surface area contributed by atoms with Crippen LogP contribution in [0.2, 0.25) is 0 Å². The minimum absolute atomic E-state index is 0.133. The molecule has 0 aromatic heterocycles. The predicted molar refractivity (Wildman–Crippen MR) is 122 cm³/mol. The third kappa shape index (κ3) is 5.68. The van der Waals surface area contributed by atoms with Crippen molar-refractivity contribution in [2.75, 3.05) is 18.4 Å². The van der Waals surface area contributed by atoms with E-state index >= 15 is 0 Å². The molecule has 3 amide bonds. The number of benzene rings is 2. The van der Waals surface area contributed by atoms with E-state index in [1.54, 1.807) is 42.5 Å². The van der Waals surface area contributed by atoms with Crippen LogP contribution in [0.4, 0.5) is 5.69 Å². The van der Waals surface area contributed by atoms with E-state index in [-0.39, 0.29) is 43.0 Å². The smallest absolute Gasteiger partial charge is 0.261 e. The van der Waals surface area contributed by atoms with E-state index in [0.29, 0.717) is 28.8 Å². The molecule has 0 unspecified atom stereocenters. The summed E-state index contributed by atoms with van der Waals surface area (Å²) in [6, 6.07) is 11.7. The van der Waals surface area contributed by atoms with Crippen LogP contribution < -0.4 is 10.0 Å². The van der Waals surface area contributed by atoms with Crippen molar-refractivity contribution in [3.63, 3.8) is 0 Å². The molecule has 9 heteroatoms. The van der Waals surface area contributed by atoms with E-state index in [4.69, 9.17) is 0 Å². The van der Waals surface area contributed by atoms with E-state index in [2.05, 4.69) is 16.6 Å². The van der Waals surface area contributed by atoms with Crippen LogP contribution in [0, 0.1) is 6.92 Å². The van der Waals surface area contributed by atoms with Gasteiger partial charge >= 0.3 is 0 Å². The van der Waals surface area contributed by atoms with Crippen molar-refractivity contribution in [1.82, 2.24) is 9.62 Å². The summed E-state index contributed by atoms with van der Waals surface area (Å²) in [6.45, 7) is 5.65. The second-order valence-corrected chi connectivity index (χ2v) is 9.36. The van der Waals surface area contributed by atoms with E-state index in [1.807, 2.05) is 6.92 Å². The number of sulfonamides is 1. The number of hydrogen-bond acceptors (Lipinski definition) is 5. The Bertz CT molecular complexity index is 1160. The molecule has 0 aliphatic carbocycles. The maximum Gasteiger partial charge on any atom is 0.261 e. The summed E-state index contributed by atoms with van der Waals surface area (Å²) in [5.74, 6) is -1.10. The number of nitrogens with zero attached hydrogens (tertiary/aromatic N) is 1. The van der Waals surface area contributed by atoms with Gasteiger partial charge in [0, 0.05) is 25.2 Å². The molecule has 3 rings (SSSR count). The van der Waals surface area contributed by atoms with Crippen molar-refractivity contribution in [2.45, 2.75) is 25.5 Å². The molecule has 32 heavy (non-hydrogen) atoms. The quantitative estimate of drug-likeness (QED) is 0.422. The van der Waals surface area contributed by atoms with Gasteiger partial charge in [-0.15, -0.1) is 6.58 Å². The van der Waals surface area contributed by atoms with Gasteiger partial charge in [0.15, 0.2) is 0 Å². The molecule has 0 atom stereocenters. The van der Waals surface area contributed by atoms with Gasteiger partial charge < -0.3 is 5.32 Å². The second-order valence-electron chi connectivity index (χ2n) is 7.56. The highest BCUT2D eigenvalue weighted by molar-refractivity contribution is 7.88. The molecule has 0 fully saturated rings. The minimum Gasteiger partial charge on any atom is -0.326 e. The van der Waals surface area contributed by atoms with Crippen LogP contribution in [0.5, 0.6) is 0 Å². The molecule has 0 radical (unpaired) electrons. The summed E-state index contributed by atoms with van der Waals surface area (Å²) in [7, 11) is -3.45. The van der Waals surface area contributed by atoms with Gasteiger partial charge in [-0.25, -0.2) is 13.1 Å². The molecule has 1 aliphatic rings. The van der Waals surface area contributed by atoms with Crippen molar-refractivity contribution >= 4 is 33.4 Å². The molecule has 2 aromatic carbocycles. The van der Waals surface area contributed by atoms with Crippen molar-refractivity contribution in [3.8, 4) is 0 Å². The molecule has 1 aliphatic heterocycles. The van der Waals surface area contributed by atoms with Gasteiger partial charge in [0.05, 0.1) is 16.9 Å². The number of nitrogens with one attached hydrogen (secondary N) is 2. The molecule has 0 spiro atoms. The number of fused-ring (bicyclic) bond motifs is 1. The standard InChI is InChI=1S/C23H25N3O5S/c1-3-12-24-32(30,31)15-17-7-9-18(10-8-17)25-21(27)5-4-13-26-22(28)19-11-6-16(2)14-20(19)23(26)29/h3,6-11,14,24H,1,4-5,12-13,15H2,2H3,(H,25,27). The molecular formula is C23H25N3O5S. The lowest BCUT2D eigenvalue weighted by Gasteiger charge is -2.13. The molecule has 168 valence electrons. The van der Waals surface area contributed by atoms with Gasteiger partial charge in [-0.2, -0.15) is 0 Å². The highest BCUT2D eigenvalue weighted by atomic mass is 32.2. The number of amides is 3. The number of carbonyl (C=O) groups is 3. The second kappa shape index (κ2) is 9.88. The van der Waals surface area contributed by atoms with Crippen LogP contribution in [0.25, 0.3) is 0 Å². The fourth-order valence-electron chi connectivity index (χ4n) is 3.37. The Labute approximate surface area is 187 Å².